The fourth-order valence-electron chi connectivity index (χ4n) is 5.46. The van der Waals surface area contributed by atoms with Crippen molar-refractivity contribution < 1.29 is 14.3 Å². The van der Waals surface area contributed by atoms with Gasteiger partial charge in [-0.15, -0.1) is 0 Å². The molecule has 1 aliphatic heterocycles. The third-order valence-corrected chi connectivity index (χ3v) is 7.57. The molecule has 3 saturated carbocycles. The molecular weight excluding hydrogens is 338 g/mol. The number of ether oxygens (including phenoxy) is 1. The van der Waals surface area contributed by atoms with Crippen molar-refractivity contribution in [1.82, 2.24) is 4.90 Å². The van der Waals surface area contributed by atoms with E-state index < -0.39 is 0 Å². The Labute approximate surface area is 161 Å². The summed E-state index contributed by atoms with van der Waals surface area (Å²) < 4.78 is 5.12. The maximum atomic E-state index is 12.8. The van der Waals surface area contributed by atoms with Crippen LogP contribution in [0.5, 0.6) is 0 Å². The molecule has 0 atom stereocenters. The van der Waals surface area contributed by atoms with Gasteiger partial charge in [-0.3, -0.25) is 9.59 Å². The van der Waals surface area contributed by atoms with Crippen molar-refractivity contribution in [2.75, 3.05) is 13.7 Å². The SMILES string of the molecule is Cc1ccc(C2CC(N(C)C(=O)C3CC4(COC(=O)C4)C3)C2)cc1C1CC1. The molecule has 0 bridgehead atoms. The predicted octanol–water partition coefficient (Wildman–Crippen LogP) is 3.92. The number of amides is 1. The maximum Gasteiger partial charge on any atom is 0.306 e. The van der Waals surface area contributed by atoms with E-state index in [9.17, 15) is 9.59 Å². The highest BCUT2D eigenvalue weighted by Gasteiger charge is 2.53. The molecule has 0 radical (unpaired) electrons. The van der Waals surface area contributed by atoms with Crippen LogP contribution in [0.1, 0.15) is 73.5 Å². The van der Waals surface area contributed by atoms with Crippen LogP contribution in [0.2, 0.25) is 0 Å². The summed E-state index contributed by atoms with van der Waals surface area (Å²) in [6.07, 6.45) is 6.98. The van der Waals surface area contributed by atoms with Crippen molar-refractivity contribution >= 4 is 11.9 Å². The number of cyclic esters (lactones) is 1. The van der Waals surface area contributed by atoms with E-state index in [1.807, 2.05) is 11.9 Å². The van der Waals surface area contributed by atoms with Gasteiger partial charge in [0.25, 0.3) is 0 Å². The Morgan fingerprint density at radius 1 is 1.19 bits per heavy atom. The zero-order chi connectivity index (χ0) is 18.8. The number of nitrogens with zero attached hydrogens (tertiary/aromatic N) is 1. The van der Waals surface area contributed by atoms with Crippen molar-refractivity contribution in [3.05, 3.63) is 34.9 Å². The van der Waals surface area contributed by atoms with E-state index in [2.05, 4.69) is 25.1 Å². The first-order valence-corrected chi connectivity index (χ1v) is 10.5. The Balaban J connectivity index is 1.16. The molecule has 1 saturated heterocycles. The van der Waals surface area contributed by atoms with E-state index in [1.165, 1.54) is 24.0 Å². The highest BCUT2D eigenvalue weighted by Crippen LogP contribution is 2.52. The van der Waals surface area contributed by atoms with E-state index in [0.717, 1.165) is 31.6 Å². The lowest BCUT2D eigenvalue weighted by atomic mass is 9.61. The van der Waals surface area contributed by atoms with Gasteiger partial charge in [0.05, 0.1) is 13.0 Å². The normalized spacial score (nSPS) is 34.7. The minimum absolute atomic E-state index is 0.0263. The minimum atomic E-state index is -0.0975. The Kier molecular flexibility index (Phi) is 3.89. The molecule has 1 aromatic carbocycles. The Hall–Kier alpha value is -1.84. The topological polar surface area (TPSA) is 46.6 Å². The number of hydrogen-bond acceptors (Lipinski definition) is 3. The average Bonchev–Trinajstić information content (AvgIpc) is 3.34. The summed E-state index contributed by atoms with van der Waals surface area (Å²) in [5.74, 6) is 1.65. The Morgan fingerprint density at radius 3 is 2.56 bits per heavy atom. The molecule has 1 spiro atoms. The molecule has 0 unspecified atom stereocenters. The zero-order valence-electron chi connectivity index (χ0n) is 16.4. The van der Waals surface area contributed by atoms with Gasteiger partial charge in [-0.25, -0.2) is 0 Å². The van der Waals surface area contributed by atoms with Gasteiger partial charge in [0.15, 0.2) is 0 Å². The molecular formula is C23H29NO3. The molecule has 1 heterocycles. The van der Waals surface area contributed by atoms with Crippen LogP contribution in [0.25, 0.3) is 0 Å². The third kappa shape index (κ3) is 2.97. The Morgan fingerprint density at radius 2 is 1.93 bits per heavy atom. The molecule has 0 N–H and O–H groups in total. The summed E-state index contributed by atoms with van der Waals surface area (Å²) in [4.78, 5) is 26.2. The molecule has 5 rings (SSSR count). The van der Waals surface area contributed by atoms with Crippen molar-refractivity contribution in [2.45, 2.75) is 69.7 Å². The molecule has 4 nitrogen and oxygen atoms in total. The molecule has 0 aromatic heterocycles. The monoisotopic (exact) mass is 367 g/mol. The number of carbonyl (C=O) groups excluding carboxylic acids is 2. The van der Waals surface area contributed by atoms with Crippen LogP contribution in [0.4, 0.5) is 0 Å². The number of carbonyl (C=O) groups is 2. The number of esters is 1. The second-order valence-corrected chi connectivity index (χ2v) is 9.60. The fraction of sp³-hybridized carbons (Fsp3) is 0.652. The lowest BCUT2D eigenvalue weighted by Crippen LogP contribution is -2.51. The molecule has 27 heavy (non-hydrogen) atoms. The predicted molar refractivity (Wildman–Crippen MR) is 102 cm³/mol. The van der Waals surface area contributed by atoms with Gasteiger partial charge >= 0.3 is 5.97 Å². The fourth-order valence-corrected chi connectivity index (χ4v) is 5.46. The second-order valence-electron chi connectivity index (χ2n) is 9.60. The molecule has 4 fully saturated rings. The summed E-state index contributed by atoms with van der Waals surface area (Å²) in [7, 11) is 1.97. The molecule has 144 valence electrons. The third-order valence-electron chi connectivity index (χ3n) is 7.57. The van der Waals surface area contributed by atoms with Gasteiger partial charge < -0.3 is 9.64 Å². The lowest BCUT2D eigenvalue weighted by molar-refractivity contribution is -0.146. The van der Waals surface area contributed by atoms with E-state index >= 15 is 0 Å². The van der Waals surface area contributed by atoms with Gasteiger partial charge in [0.2, 0.25) is 5.91 Å². The highest BCUT2D eigenvalue weighted by atomic mass is 16.5. The van der Waals surface area contributed by atoms with Crippen molar-refractivity contribution in [3.63, 3.8) is 0 Å². The van der Waals surface area contributed by atoms with Gasteiger partial charge in [-0.05, 0) is 74.0 Å². The summed E-state index contributed by atoms with van der Waals surface area (Å²) in [6, 6.07) is 7.37. The van der Waals surface area contributed by atoms with Crippen LogP contribution in [-0.2, 0) is 14.3 Å². The van der Waals surface area contributed by atoms with Crippen LogP contribution in [0, 0.1) is 18.3 Å². The molecule has 4 heteroatoms. The number of aryl methyl sites for hydroxylation is 1. The average molecular weight is 367 g/mol. The van der Waals surface area contributed by atoms with E-state index in [-0.39, 0.29) is 23.2 Å². The smallest absolute Gasteiger partial charge is 0.306 e. The molecule has 4 aliphatic rings. The maximum absolute atomic E-state index is 12.8. The van der Waals surface area contributed by atoms with Crippen molar-refractivity contribution in [2.24, 2.45) is 11.3 Å². The minimum Gasteiger partial charge on any atom is -0.465 e. The summed E-state index contributed by atoms with van der Waals surface area (Å²) in [5.41, 5.74) is 4.41. The molecule has 1 aromatic rings. The number of benzene rings is 1. The van der Waals surface area contributed by atoms with Crippen molar-refractivity contribution in [3.8, 4) is 0 Å². The van der Waals surface area contributed by atoms with Crippen LogP contribution in [0.3, 0.4) is 0 Å². The summed E-state index contributed by atoms with van der Waals surface area (Å²) >= 11 is 0. The van der Waals surface area contributed by atoms with Crippen LogP contribution < -0.4 is 0 Å². The lowest BCUT2D eigenvalue weighted by Gasteiger charge is -2.47. The first kappa shape index (κ1) is 17.3. The van der Waals surface area contributed by atoms with Crippen molar-refractivity contribution in [1.29, 1.82) is 0 Å². The Bertz CT molecular complexity index is 785. The van der Waals surface area contributed by atoms with Gasteiger partial charge in [-0.2, -0.15) is 0 Å². The largest absolute Gasteiger partial charge is 0.465 e. The molecule has 1 amide bonds. The van der Waals surface area contributed by atoms with Gasteiger partial charge in [0, 0.05) is 24.4 Å². The first-order chi connectivity index (χ1) is 12.9. The van der Waals surface area contributed by atoms with E-state index in [1.54, 1.807) is 5.56 Å². The highest BCUT2D eigenvalue weighted by molar-refractivity contribution is 5.81. The number of rotatable bonds is 4. The van der Waals surface area contributed by atoms with Gasteiger partial charge in [0.1, 0.15) is 0 Å². The molecule has 3 aliphatic carbocycles. The first-order valence-electron chi connectivity index (χ1n) is 10.5. The number of hydrogen-bond donors (Lipinski definition) is 0. The van der Waals surface area contributed by atoms with E-state index in [4.69, 9.17) is 4.74 Å². The summed E-state index contributed by atoms with van der Waals surface area (Å²) in [5, 5.41) is 0. The standard InChI is InChI=1S/C23H29NO3/c1-14-3-4-16(9-20(14)15-5-6-15)17-7-19(8-17)24(2)22(26)18-10-23(11-18)12-21(25)27-13-23/h3-4,9,15,17-19H,5-8,10-13H2,1-2H3. The van der Waals surface area contributed by atoms with E-state index in [0.29, 0.717) is 25.0 Å². The van der Waals surface area contributed by atoms with Crippen LogP contribution in [-0.4, -0.2) is 36.5 Å². The second kappa shape index (κ2) is 6.08. The zero-order valence-corrected chi connectivity index (χ0v) is 16.4. The van der Waals surface area contributed by atoms with Crippen LogP contribution in [0.15, 0.2) is 18.2 Å². The van der Waals surface area contributed by atoms with Crippen LogP contribution >= 0.6 is 0 Å². The van der Waals surface area contributed by atoms with Gasteiger partial charge in [-0.1, -0.05) is 18.2 Å². The quantitative estimate of drug-likeness (QED) is 0.758. The summed E-state index contributed by atoms with van der Waals surface area (Å²) in [6.45, 7) is 2.74.